The van der Waals surface area contributed by atoms with Crippen LogP contribution in [0.2, 0.25) is 10.0 Å². The first-order valence-corrected chi connectivity index (χ1v) is 13.5. The van der Waals surface area contributed by atoms with Crippen molar-refractivity contribution in [3.8, 4) is 0 Å². The van der Waals surface area contributed by atoms with Gasteiger partial charge in [0.05, 0.1) is 32.8 Å². The Balaban J connectivity index is 1.55. The van der Waals surface area contributed by atoms with Crippen LogP contribution in [0.4, 0.5) is 23.3 Å². The number of pyridine rings is 1. The van der Waals surface area contributed by atoms with Crippen molar-refractivity contribution >= 4 is 62.2 Å². The van der Waals surface area contributed by atoms with Gasteiger partial charge in [0, 0.05) is 37.1 Å². The third-order valence-electron chi connectivity index (χ3n) is 5.42. The van der Waals surface area contributed by atoms with Gasteiger partial charge in [-0.3, -0.25) is 4.79 Å². The van der Waals surface area contributed by atoms with Crippen LogP contribution in [0.15, 0.2) is 42.6 Å². The third-order valence-corrected chi connectivity index (χ3v) is 7.66. The molecule has 3 aromatic rings. The van der Waals surface area contributed by atoms with Gasteiger partial charge < -0.3 is 15.5 Å². The summed E-state index contributed by atoms with van der Waals surface area (Å²) in [5.41, 5.74) is 1.49. The number of hydrogen-bond acceptors (Lipinski definition) is 8. The number of rotatable bonds is 6. The van der Waals surface area contributed by atoms with Gasteiger partial charge in [-0.1, -0.05) is 43.1 Å². The number of sulfone groups is 1. The van der Waals surface area contributed by atoms with Crippen molar-refractivity contribution < 1.29 is 13.2 Å². The van der Waals surface area contributed by atoms with Crippen molar-refractivity contribution in [2.24, 2.45) is 0 Å². The lowest BCUT2D eigenvalue weighted by Crippen LogP contribution is -2.41. The summed E-state index contributed by atoms with van der Waals surface area (Å²) in [6, 6.07) is 9.99. The van der Waals surface area contributed by atoms with E-state index in [1.807, 2.05) is 24.8 Å². The first-order chi connectivity index (χ1) is 16.6. The molecule has 9 nitrogen and oxygen atoms in total. The minimum absolute atomic E-state index is 0.0732. The van der Waals surface area contributed by atoms with E-state index < -0.39 is 15.7 Å². The molecular formula is C23H24Cl2N6O3S. The average molecular weight is 535 g/mol. The standard InChI is InChI=1S/C23H24Cl2N6O3S/c1-14(2)18-13-20(30-23(28-18)31-8-10-35(33,34)11-9-31)29-19-12-15(6-7-26-19)27-22(32)21-16(24)4-3-5-17(21)25/h3-7,12-14H,8-11H2,1-2H3,(H2,26,27,28,29,30,32). The van der Waals surface area contributed by atoms with E-state index in [0.29, 0.717) is 36.4 Å². The average Bonchev–Trinajstić information content (AvgIpc) is 2.79. The summed E-state index contributed by atoms with van der Waals surface area (Å²) in [6.07, 6.45) is 1.55. The molecule has 0 aliphatic carbocycles. The Labute approximate surface area is 213 Å². The quantitative estimate of drug-likeness (QED) is 0.473. The summed E-state index contributed by atoms with van der Waals surface area (Å²) in [5.74, 6) is 1.26. The molecule has 1 aliphatic rings. The van der Waals surface area contributed by atoms with Gasteiger partial charge in [0.25, 0.3) is 5.91 Å². The molecule has 0 radical (unpaired) electrons. The Kier molecular flexibility index (Phi) is 7.44. The number of hydrogen-bond donors (Lipinski definition) is 2. The smallest absolute Gasteiger partial charge is 0.258 e. The normalized spacial score (nSPS) is 15.2. The van der Waals surface area contributed by atoms with E-state index >= 15 is 0 Å². The number of carbonyl (C=O) groups excluding carboxylic acids is 1. The van der Waals surface area contributed by atoms with Crippen molar-refractivity contribution in [3.63, 3.8) is 0 Å². The summed E-state index contributed by atoms with van der Waals surface area (Å²) >= 11 is 12.3. The van der Waals surface area contributed by atoms with Gasteiger partial charge >= 0.3 is 0 Å². The molecule has 2 aromatic heterocycles. The lowest BCUT2D eigenvalue weighted by atomic mass is 10.1. The molecule has 1 saturated heterocycles. The maximum Gasteiger partial charge on any atom is 0.258 e. The first kappa shape index (κ1) is 25.2. The molecule has 0 unspecified atom stereocenters. The highest BCUT2D eigenvalue weighted by molar-refractivity contribution is 7.91. The number of aromatic nitrogens is 3. The number of nitrogens with one attached hydrogen (secondary N) is 2. The summed E-state index contributed by atoms with van der Waals surface area (Å²) in [5, 5.41) is 6.45. The molecule has 35 heavy (non-hydrogen) atoms. The second-order valence-electron chi connectivity index (χ2n) is 8.38. The number of halogens is 2. The fraction of sp³-hybridized carbons (Fsp3) is 0.304. The van der Waals surface area contributed by atoms with Crippen molar-refractivity contribution in [2.75, 3.05) is 40.1 Å². The van der Waals surface area contributed by atoms with Crippen molar-refractivity contribution in [1.29, 1.82) is 0 Å². The third kappa shape index (κ3) is 6.19. The number of anilines is 4. The molecule has 3 heterocycles. The van der Waals surface area contributed by atoms with E-state index in [-0.39, 0.29) is 33.0 Å². The van der Waals surface area contributed by atoms with Crippen LogP contribution in [0.1, 0.15) is 35.8 Å². The summed E-state index contributed by atoms with van der Waals surface area (Å²) in [4.78, 5) is 28.1. The van der Waals surface area contributed by atoms with Gasteiger partial charge in [-0.15, -0.1) is 0 Å². The number of carbonyl (C=O) groups is 1. The van der Waals surface area contributed by atoms with Gasteiger partial charge in [0.1, 0.15) is 11.6 Å². The predicted molar refractivity (Wildman–Crippen MR) is 139 cm³/mol. The first-order valence-electron chi connectivity index (χ1n) is 10.9. The molecule has 0 saturated carbocycles. The predicted octanol–water partition coefficient (Wildman–Crippen LogP) is 4.53. The minimum atomic E-state index is -3.02. The van der Waals surface area contributed by atoms with Gasteiger partial charge in [-0.05, 0) is 24.1 Å². The molecule has 0 spiro atoms. The summed E-state index contributed by atoms with van der Waals surface area (Å²) < 4.78 is 23.6. The Morgan fingerprint density at radius 2 is 1.71 bits per heavy atom. The molecule has 1 aromatic carbocycles. The number of benzene rings is 1. The highest BCUT2D eigenvalue weighted by atomic mass is 35.5. The molecule has 1 fully saturated rings. The zero-order valence-electron chi connectivity index (χ0n) is 19.1. The molecule has 4 rings (SSSR count). The van der Waals surface area contributed by atoms with E-state index in [4.69, 9.17) is 23.2 Å². The SMILES string of the molecule is CC(C)c1cc(Nc2cc(NC(=O)c3c(Cl)cccc3Cl)ccn2)nc(N2CCS(=O)(=O)CC2)n1. The van der Waals surface area contributed by atoms with Crippen LogP contribution in [0.3, 0.4) is 0 Å². The maximum atomic E-state index is 12.7. The topological polar surface area (TPSA) is 117 Å². The fourth-order valence-corrected chi connectivity index (χ4v) is 5.25. The maximum absolute atomic E-state index is 12.7. The second kappa shape index (κ2) is 10.3. The summed E-state index contributed by atoms with van der Waals surface area (Å²) in [7, 11) is -3.02. The van der Waals surface area contributed by atoms with E-state index in [1.54, 1.807) is 36.5 Å². The number of amides is 1. The monoisotopic (exact) mass is 534 g/mol. The van der Waals surface area contributed by atoms with Gasteiger partial charge in [0.15, 0.2) is 9.84 Å². The molecule has 1 aliphatic heterocycles. The minimum Gasteiger partial charge on any atom is -0.339 e. The van der Waals surface area contributed by atoms with Crippen LogP contribution in [-0.4, -0.2) is 53.9 Å². The van der Waals surface area contributed by atoms with Crippen LogP contribution in [-0.2, 0) is 9.84 Å². The Hall–Kier alpha value is -2.95. The van der Waals surface area contributed by atoms with Crippen molar-refractivity contribution in [2.45, 2.75) is 19.8 Å². The molecule has 184 valence electrons. The lowest BCUT2D eigenvalue weighted by Gasteiger charge is -2.27. The molecule has 1 amide bonds. The van der Waals surface area contributed by atoms with Gasteiger partial charge in [-0.2, -0.15) is 4.98 Å². The highest BCUT2D eigenvalue weighted by Crippen LogP contribution is 2.27. The number of nitrogens with zero attached hydrogens (tertiary/aromatic N) is 4. The largest absolute Gasteiger partial charge is 0.339 e. The van der Waals surface area contributed by atoms with Gasteiger partial charge in [0.2, 0.25) is 5.95 Å². The van der Waals surface area contributed by atoms with E-state index in [2.05, 4.69) is 25.6 Å². The van der Waals surface area contributed by atoms with Crippen LogP contribution < -0.4 is 15.5 Å². The molecule has 0 bridgehead atoms. The Bertz CT molecular complexity index is 1330. The van der Waals surface area contributed by atoms with E-state index in [0.717, 1.165) is 5.69 Å². The van der Waals surface area contributed by atoms with Crippen molar-refractivity contribution in [3.05, 3.63) is 63.9 Å². The Morgan fingerprint density at radius 3 is 2.37 bits per heavy atom. The van der Waals surface area contributed by atoms with Crippen molar-refractivity contribution in [1.82, 2.24) is 15.0 Å². The zero-order chi connectivity index (χ0) is 25.2. The molecule has 0 atom stereocenters. The fourth-order valence-electron chi connectivity index (χ4n) is 3.48. The zero-order valence-corrected chi connectivity index (χ0v) is 21.5. The van der Waals surface area contributed by atoms with Crippen LogP contribution >= 0.6 is 23.2 Å². The van der Waals surface area contributed by atoms with Crippen LogP contribution in [0, 0.1) is 0 Å². The van der Waals surface area contributed by atoms with E-state index in [9.17, 15) is 13.2 Å². The molecular weight excluding hydrogens is 511 g/mol. The van der Waals surface area contributed by atoms with Crippen LogP contribution in [0.5, 0.6) is 0 Å². The highest BCUT2D eigenvalue weighted by Gasteiger charge is 2.24. The second-order valence-corrected chi connectivity index (χ2v) is 11.5. The van der Waals surface area contributed by atoms with Gasteiger partial charge in [-0.25, -0.2) is 18.4 Å². The molecule has 12 heteroatoms. The lowest BCUT2D eigenvalue weighted by molar-refractivity contribution is 0.102. The summed E-state index contributed by atoms with van der Waals surface area (Å²) in [6.45, 7) is 4.72. The van der Waals surface area contributed by atoms with Crippen LogP contribution in [0.25, 0.3) is 0 Å². The van der Waals surface area contributed by atoms with E-state index in [1.165, 1.54) is 0 Å². The molecule has 2 N–H and O–H groups in total. The Morgan fingerprint density at radius 1 is 1.03 bits per heavy atom.